The topological polar surface area (TPSA) is 29.4 Å². The summed E-state index contributed by atoms with van der Waals surface area (Å²) in [6.45, 7) is 6.34. The third kappa shape index (κ3) is 2.68. The Balaban J connectivity index is 2.47. The lowest BCUT2D eigenvalue weighted by atomic mass is 9.66. The summed E-state index contributed by atoms with van der Waals surface area (Å²) in [6.07, 6.45) is 8.90. The molecule has 0 bridgehead atoms. The van der Waals surface area contributed by atoms with E-state index >= 15 is 0 Å². The van der Waals surface area contributed by atoms with Crippen LogP contribution >= 0.6 is 0 Å². The summed E-state index contributed by atoms with van der Waals surface area (Å²) in [5, 5.41) is 0. The minimum absolute atomic E-state index is 0.694. The SMILES string of the molecule is C/C(=C\C=C/C1C(C)CC1C)N=C=O. The smallest absolute Gasteiger partial charge is 0.211 e. The van der Waals surface area contributed by atoms with Crippen LogP contribution in [-0.2, 0) is 4.79 Å². The zero-order valence-corrected chi connectivity index (χ0v) is 9.03. The first kappa shape index (κ1) is 10.9. The van der Waals surface area contributed by atoms with Crippen LogP contribution in [0.25, 0.3) is 0 Å². The van der Waals surface area contributed by atoms with Crippen molar-refractivity contribution in [3.8, 4) is 0 Å². The average molecular weight is 191 g/mol. The zero-order chi connectivity index (χ0) is 10.6. The maximum atomic E-state index is 9.93. The summed E-state index contributed by atoms with van der Waals surface area (Å²) in [4.78, 5) is 13.4. The van der Waals surface area contributed by atoms with Gasteiger partial charge >= 0.3 is 0 Å². The highest BCUT2D eigenvalue weighted by molar-refractivity contribution is 5.37. The van der Waals surface area contributed by atoms with E-state index in [1.54, 1.807) is 6.92 Å². The summed E-state index contributed by atoms with van der Waals surface area (Å²) in [6, 6.07) is 0. The molecule has 0 heterocycles. The molecule has 0 amide bonds. The second-order valence-electron chi connectivity index (χ2n) is 4.16. The molecule has 1 rings (SSSR count). The van der Waals surface area contributed by atoms with E-state index in [4.69, 9.17) is 0 Å². The van der Waals surface area contributed by atoms with Crippen LogP contribution in [0.15, 0.2) is 28.9 Å². The third-order valence-electron chi connectivity index (χ3n) is 2.95. The number of allylic oxidation sites excluding steroid dienone is 4. The molecule has 0 spiro atoms. The molecule has 76 valence electrons. The highest BCUT2D eigenvalue weighted by Crippen LogP contribution is 2.40. The first-order chi connectivity index (χ1) is 6.65. The van der Waals surface area contributed by atoms with Gasteiger partial charge in [-0.15, -0.1) is 0 Å². The molecular weight excluding hydrogens is 174 g/mol. The fraction of sp³-hybridized carbons (Fsp3) is 0.583. The highest BCUT2D eigenvalue weighted by Gasteiger charge is 2.31. The van der Waals surface area contributed by atoms with E-state index in [1.165, 1.54) is 12.5 Å². The summed E-state index contributed by atoms with van der Waals surface area (Å²) in [7, 11) is 0. The number of hydrogen-bond acceptors (Lipinski definition) is 2. The monoisotopic (exact) mass is 191 g/mol. The lowest BCUT2D eigenvalue weighted by molar-refractivity contribution is 0.148. The second kappa shape index (κ2) is 4.92. The molecule has 1 aliphatic rings. The van der Waals surface area contributed by atoms with Gasteiger partial charge in [-0.05, 0) is 37.2 Å². The Hall–Kier alpha value is -1.14. The molecular formula is C12H17NO. The first-order valence-electron chi connectivity index (χ1n) is 5.08. The van der Waals surface area contributed by atoms with E-state index < -0.39 is 0 Å². The van der Waals surface area contributed by atoms with Crippen molar-refractivity contribution >= 4 is 6.08 Å². The Labute approximate surface area is 85.4 Å². The number of isocyanates is 1. The molecule has 0 aliphatic heterocycles. The predicted octanol–water partition coefficient (Wildman–Crippen LogP) is 3.07. The van der Waals surface area contributed by atoms with Crippen LogP contribution in [0.5, 0.6) is 0 Å². The van der Waals surface area contributed by atoms with Crippen LogP contribution in [0.2, 0.25) is 0 Å². The van der Waals surface area contributed by atoms with Crippen LogP contribution in [0.4, 0.5) is 0 Å². The van der Waals surface area contributed by atoms with Gasteiger partial charge in [0, 0.05) is 0 Å². The Morgan fingerprint density at radius 2 is 2.07 bits per heavy atom. The van der Waals surface area contributed by atoms with Crippen molar-refractivity contribution in [3.63, 3.8) is 0 Å². The van der Waals surface area contributed by atoms with Crippen molar-refractivity contribution in [1.29, 1.82) is 0 Å². The Morgan fingerprint density at radius 1 is 1.43 bits per heavy atom. The van der Waals surface area contributed by atoms with Crippen molar-refractivity contribution in [1.82, 2.24) is 0 Å². The van der Waals surface area contributed by atoms with E-state index in [2.05, 4.69) is 24.9 Å². The fourth-order valence-corrected chi connectivity index (χ4v) is 2.08. The highest BCUT2D eigenvalue weighted by atomic mass is 16.1. The summed E-state index contributed by atoms with van der Waals surface area (Å²) < 4.78 is 0. The molecule has 2 heteroatoms. The lowest BCUT2D eigenvalue weighted by Crippen LogP contribution is -2.30. The molecule has 1 aliphatic carbocycles. The number of hydrogen-bond donors (Lipinski definition) is 0. The largest absolute Gasteiger partial charge is 0.240 e. The molecule has 1 fully saturated rings. The zero-order valence-electron chi connectivity index (χ0n) is 9.03. The van der Waals surface area contributed by atoms with Gasteiger partial charge in [0.05, 0.1) is 5.70 Å². The predicted molar refractivity (Wildman–Crippen MR) is 57.5 cm³/mol. The molecule has 14 heavy (non-hydrogen) atoms. The van der Waals surface area contributed by atoms with E-state index in [0.29, 0.717) is 11.6 Å². The normalized spacial score (nSPS) is 32.5. The molecule has 0 aromatic carbocycles. The maximum absolute atomic E-state index is 9.93. The average Bonchev–Trinajstić information content (AvgIpc) is 2.13. The molecule has 2 atom stereocenters. The van der Waals surface area contributed by atoms with Crippen LogP contribution in [0, 0.1) is 17.8 Å². The Morgan fingerprint density at radius 3 is 2.57 bits per heavy atom. The van der Waals surface area contributed by atoms with Gasteiger partial charge in [0.1, 0.15) is 0 Å². The van der Waals surface area contributed by atoms with Gasteiger partial charge in [-0.3, -0.25) is 0 Å². The standard InChI is InChI=1S/C12H17NO/c1-9-7-10(2)12(9)6-4-5-11(3)13-8-14/h4-6,9-10,12H,7H2,1-3H3/b6-4-,11-5+. The van der Waals surface area contributed by atoms with Gasteiger partial charge in [0.2, 0.25) is 6.08 Å². The quantitative estimate of drug-likeness (QED) is 0.383. The number of carbonyl (C=O) groups excluding carboxylic acids is 1. The van der Waals surface area contributed by atoms with E-state index in [0.717, 1.165) is 11.8 Å². The first-order valence-corrected chi connectivity index (χ1v) is 5.08. The lowest BCUT2D eigenvalue weighted by Gasteiger charge is -2.39. The van der Waals surface area contributed by atoms with Gasteiger partial charge in [-0.25, -0.2) is 4.79 Å². The van der Waals surface area contributed by atoms with Gasteiger partial charge in [-0.2, -0.15) is 4.99 Å². The van der Waals surface area contributed by atoms with E-state index in [9.17, 15) is 4.79 Å². The van der Waals surface area contributed by atoms with E-state index in [1.807, 2.05) is 12.2 Å². The van der Waals surface area contributed by atoms with Gasteiger partial charge < -0.3 is 0 Å². The van der Waals surface area contributed by atoms with Crippen molar-refractivity contribution in [2.24, 2.45) is 22.7 Å². The summed E-state index contributed by atoms with van der Waals surface area (Å²) >= 11 is 0. The number of aliphatic imine (C=N–C) groups is 1. The molecule has 0 N–H and O–H groups in total. The molecule has 0 aromatic heterocycles. The van der Waals surface area contributed by atoms with Crippen molar-refractivity contribution in [2.75, 3.05) is 0 Å². The minimum atomic E-state index is 0.694. The van der Waals surface area contributed by atoms with Crippen LogP contribution < -0.4 is 0 Å². The summed E-state index contributed by atoms with van der Waals surface area (Å²) in [5.74, 6) is 2.29. The maximum Gasteiger partial charge on any atom is 0.240 e. The molecule has 2 nitrogen and oxygen atoms in total. The van der Waals surface area contributed by atoms with Crippen LogP contribution in [-0.4, -0.2) is 6.08 Å². The van der Waals surface area contributed by atoms with Gasteiger partial charge in [0.15, 0.2) is 0 Å². The Bertz CT molecular complexity index is 289. The van der Waals surface area contributed by atoms with E-state index in [-0.39, 0.29) is 0 Å². The minimum Gasteiger partial charge on any atom is -0.211 e. The molecule has 1 saturated carbocycles. The third-order valence-corrected chi connectivity index (χ3v) is 2.95. The van der Waals surface area contributed by atoms with Crippen molar-refractivity contribution in [3.05, 3.63) is 23.9 Å². The number of rotatable bonds is 3. The van der Waals surface area contributed by atoms with Crippen molar-refractivity contribution in [2.45, 2.75) is 27.2 Å². The molecule has 0 saturated heterocycles. The Kier molecular flexibility index (Phi) is 3.84. The van der Waals surface area contributed by atoms with Crippen LogP contribution in [0.1, 0.15) is 27.2 Å². The summed E-state index contributed by atoms with van der Waals surface area (Å²) in [5.41, 5.74) is 0.705. The fourth-order valence-electron chi connectivity index (χ4n) is 2.08. The molecule has 0 radical (unpaired) electrons. The second-order valence-corrected chi connectivity index (χ2v) is 4.16. The van der Waals surface area contributed by atoms with Gasteiger partial charge in [-0.1, -0.05) is 26.0 Å². The van der Waals surface area contributed by atoms with Crippen molar-refractivity contribution < 1.29 is 4.79 Å². The molecule has 0 aromatic rings. The molecule has 2 unspecified atom stereocenters. The number of nitrogens with zero attached hydrogens (tertiary/aromatic N) is 1. The van der Waals surface area contributed by atoms with Gasteiger partial charge in [0.25, 0.3) is 0 Å². The van der Waals surface area contributed by atoms with Crippen LogP contribution in [0.3, 0.4) is 0 Å².